The van der Waals surface area contributed by atoms with Crippen molar-refractivity contribution in [1.29, 1.82) is 0 Å². The lowest BCUT2D eigenvalue weighted by Gasteiger charge is -2.13. The van der Waals surface area contributed by atoms with Crippen LogP contribution >= 0.6 is 11.8 Å². The van der Waals surface area contributed by atoms with Gasteiger partial charge in [-0.25, -0.2) is 0 Å². The molecule has 1 unspecified atom stereocenters. The van der Waals surface area contributed by atoms with E-state index in [1.54, 1.807) is 30.0 Å². The van der Waals surface area contributed by atoms with Crippen molar-refractivity contribution in [2.75, 3.05) is 5.32 Å². The zero-order valence-electron chi connectivity index (χ0n) is 10.2. The summed E-state index contributed by atoms with van der Waals surface area (Å²) in [5.74, 6) is 0.238. The first-order chi connectivity index (χ1) is 9.22. The first kappa shape index (κ1) is 12.1. The van der Waals surface area contributed by atoms with Crippen LogP contribution in [0, 0.1) is 0 Å². The zero-order valence-corrected chi connectivity index (χ0v) is 11.0. The van der Waals surface area contributed by atoms with E-state index in [0.29, 0.717) is 6.42 Å². The molecular formula is C15H13NO2S. The highest BCUT2D eigenvalue weighted by atomic mass is 32.2. The number of thioether (sulfide) groups is 1. The molecule has 1 aliphatic heterocycles. The predicted octanol–water partition coefficient (Wildman–Crippen LogP) is 3.57. The molecule has 0 spiro atoms. The molecule has 2 aromatic rings. The Morgan fingerprint density at radius 3 is 2.84 bits per heavy atom. The second kappa shape index (κ2) is 4.97. The molecule has 4 heteroatoms. The van der Waals surface area contributed by atoms with Crippen LogP contribution in [0.4, 0.5) is 5.69 Å². The largest absolute Gasteiger partial charge is 0.508 e. The van der Waals surface area contributed by atoms with E-state index in [2.05, 4.69) is 5.32 Å². The maximum absolute atomic E-state index is 11.9. The summed E-state index contributed by atoms with van der Waals surface area (Å²) in [4.78, 5) is 13.0. The number of phenols is 1. The molecule has 1 aliphatic rings. The average molecular weight is 271 g/mol. The number of fused-ring (bicyclic) bond motifs is 1. The number of amides is 1. The lowest BCUT2D eigenvalue weighted by Crippen LogP contribution is -2.11. The van der Waals surface area contributed by atoms with Crippen LogP contribution in [0.1, 0.15) is 17.2 Å². The Bertz CT molecular complexity index is 627. The van der Waals surface area contributed by atoms with Gasteiger partial charge in [-0.15, -0.1) is 11.8 Å². The second-order valence-corrected chi connectivity index (χ2v) is 5.69. The van der Waals surface area contributed by atoms with Crippen molar-refractivity contribution >= 4 is 23.4 Å². The van der Waals surface area contributed by atoms with Gasteiger partial charge in [-0.1, -0.05) is 24.3 Å². The smallest absolute Gasteiger partial charge is 0.225 e. The van der Waals surface area contributed by atoms with E-state index in [9.17, 15) is 9.90 Å². The summed E-state index contributed by atoms with van der Waals surface area (Å²) in [6, 6.07) is 14.9. The van der Waals surface area contributed by atoms with Crippen LogP contribution in [-0.2, 0) is 4.79 Å². The van der Waals surface area contributed by atoms with Gasteiger partial charge in [0.15, 0.2) is 0 Å². The van der Waals surface area contributed by atoms with Gasteiger partial charge < -0.3 is 10.4 Å². The molecule has 2 aromatic carbocycles. The Morgan fingerprint density at radius 1 is 1.16 bits per heavy atom. The maximum Gasteiger partial charge on any atom is 0.225 e. The summed E-state index contributed by atoms with van der Waals surface area (Å²) >= 11 is 1.65. The van der Waals surface area contributed by atoms with Crippen LogP contribution in [-0.4, -0.2) is 11.0 Å². The standard InChI is InChI=1S/C15H13NO2S/c17-11-5-3-4-10(8-11)14-9-15(18)16-12-6-1-2-7-13(12)19-14/h1-8,14,17H,9H2,(H,16,18). The Kier molecular flexibility index (Phi) is 3.17. The number of carbonyl (C=O) groups is 1. The highest BCUT2D eigenvalue weighted by Gasteiger charge is 2.23. The second-order valence-electron chi connectivity index (χ2n) is 4.45. The van der Waals surface area contributed by atoms with Crippen LogP contribution in [0.2, 0.25) is 0 Å². The van der Waals surface area contributed by atoms with Crippen LogP contribution in [0.5, 0.6) is 5.75 Å². The first-order valence-electron chi connectivity index (χ1n) is 6.07. The molecule has 0 saturated carbocycles. The van der Waals surface area contributed by atoms with E-state index in [0.717, 1.165) is 16.1 Å². The van der Waals surface area contributed by atoms with Gasteiger partial charge in [0, 0.05) is 16.6 Å². The topological polar surface area (TPSA) is 49.3 Å². The fraction of sp³-hybridized carbons (Fsp3) is 0.133. The number of carbonyl (C=O) groups excluding carboxylic acids is 1. The molecule has 0 radical (unpaired) electrons. The Hall–Kier alpha value is -1.94. The minimum absolute atomic E-state index is 0.00536. The van der Waals surface area contributed by atoms with Crippen molar-refractivity contribution < 1.29 is 9.90 Å². The fourth-order valence-electron chi connectivity index (χ4n) is 2.15. The molecule has 3 rings (SSSR count). The molecule has 0 saturated heterocycles. The number of rotatable bonds is 1. The highest BCUT2D eigenvalue weighted by Crippen LogP contribution is 2.43. The Balaban J connectivity index is 1.98. The van der Waals surface area contributed by atoms with Crippen molar-refractivity contribution in [2.45, 2.75) is 16.6 Å². The number of hydrogen-bond donors (Lipinski definition) is 2. The van der Waals surface area contributed by atoms with Gasteiger partial charge in [0.05, 0.1) is 5.69 Å². The van der Waals surface area contributed by atoms with Crippen molar-refractivity contribution in [3.05, 3.63) is 54.1 Å². The van der Waals surface area contributed by atoms with E-state index >= 15 is 0 Å². The molecule has 1 amide bonds. The number of benzene rings is 2. The third kappa shape index (κ3) is 2.58. The third-order valence-electron chi connectivity index (χ3n) is 3.04. The summed E-state index contributed by atoms with van der Waals surface area (Å²) in [6.07, 6.45) is 0.406. The molecule has 0 aromatic heterocycles. The summed E-state index contributed by atoms with van der Waals surface area (Å²) in [5, 5.41) is 12.5. The monoisotopic (exact) mass is 271 g/mol. The number of hydrogen-bond acceptors (Lipinski definition) is 3. The van der Waals surface area contributed by atoms with Gasteiger partial charge in [-0.3, -0.25) is 4.79 Å². The van der Waals surface area contributed by atoms with E-state index in [4.69, 9.17) is 0 Å². The van der Waals surface area contributed by atoms with E-state index in [1.807, 2.05) is 30.3 Å². The SMILES string of the molecule is O=C1CC(c2cccc(O)c2)Sc2ccccc2N1. The Morgan fingerprint density at radius 2 is 2.00 bits per heavy atom. The third-order valence-corrected chi connectivity index (χ3v) is 4.38. The van der Waals surface area contributed by atoms with Crippen LogP contribution in [0.3, 0.4) is 0 Å². The molecule has 1 heterocycles. The molecule has 0 aliphatic carbocycles. The van der Waals surface area contributed by atoms with Crippen LogP contribution in [0.25, 0.3) is 0 Å². The minimum atomic E-state index is 0.00536. The molecule has 0 bridgehead atoms. The van der Waals surface area contributed by atoms with Crippen molar-refractivity contribution in [3.8, 4) is 5.75 Å². The Labute approximate surface area is 115 Å². The van der Waals surface area contributed by atoms with Gasteiger partial charge in [-0.2, -0.15) is 0 Å². The number of phenolic OH excluding ortho intramolecular Hbond substituents is 1. The van der Waals surface area contributed by atoms with E-state index in [-0.39, 0.29) is 16.9 Å². The van der Waals surface area contributed by atoms with Crippen molar-refractivity contribution in [1.82, 2.24) is 0 Å². The first-order valence-corrected chi connectivity index (χ1v) is 6.95. The summed E-state index contributed by atoms with van der Waals surface area (Å²) < 4.78 is 0. The quantitative estimate of drug-likeness (QED) is 0.833. The number of anilines is 1. The average Bonchev–Trinajstić information content (AvgIpc) is 2.56. The van der Waals surface area contributed by atoms with Gasteiger partial charge >= 0.3 is 0 Å². The number of nitrogens with one attached hydrogen (secondary N) is 1. The maximum atomic E-state index is 11.9. The van der Waals surface area contributed by atoms with Crippen molar-refractivity contribution in [2.24, 2.45) is 0 Å². The van der Waals surface area contributed by atoms with Gasteiger partial charge in [0.25, 0.3) is 0 Å². The lowest BCUT2D eigenvalue weighted by molar-refractivity contribution is -0.116. The van der Waals surface area contributed by atoms with Crippen LogP contribution in [0.15, 0.2) is 53.4 Å². The molecule has 2 N–H and O–H groups in total. The molecule has 3 nitrogen and oxygen atoms in total. The van der Waals surface area contributed by atoms with E-state index in [1.165, 1.54) is 0 Å². The van der Waals surface area contributed by atoms with Crippen molar-refractivity contribution in [3.63, 3.8) is 0 Å². The van der Waals surface area contributed by atoms with Crippen LogP contribution < -0.4 is 5.32 Å². The summed E-state index contributed by atoms with van der Waals surface area (Å²) in [7, 11) is 0. The molecule has 0 fully saturated rings. The molecule has 1 atom stereocenters. The number of para-hydroxylation sites is 1. The fourth-order valence-corrected chi connectivity index (χ4v) is 3.38. The molecule has 19 heavy (non-hydrogen) atoms. The van der Waals surface area contributed by atoms with Gasteiger partial charge in [0.2, 0.25) is 5.91 Å². The van der Waals surface area contributed by atoms with E-state index < -0.39 is 0 Å². The molecular weight excluding hydrogens is 258 g/mol. The summed E-state index contributed by atoms with van der Waals surface area (Å²) in [5.41, 5.74) is 1.83. The van der Waals surface area contributed by atoms with Gasteiger partial charge in [-0.05, 0) is 29.8 Å². The number of aromatic hydroxyl groups is 1. The summed E-state index contributed by atoms with van der Waals surface area (Å²) in [6.45, 7) is 0. The normalized spacial score (nSPS) is 18.3. The minimum Gasteiger partial charge on any atom is -0.508 e. The highest BCUT2D eigenvalue weighted by molar-refractivity contribution is 7.99. The predicted molar refractivity (Wildman–Crippen MR) is 76.4 cm³/mol. The zero-order chi connectivity index (χ0) is 13.2. The molecule has 96 valence electrons. The lowest BCUT2D eigenvalue weighted by atomic mass is 10.1. The van der Waals surface area contributed by atoms with Gasteiger partial charge in [0.1, 0.15) is 5.75 Å².